The molecule has 1 atom stereocenters. The number of hydrogen-bond acceptors (Lipinski definition) is 3. The van der Waals surface area contributed by atoms with Gasteiger partial charge in [0.2, 0.25) is 0 Å². The minimum Gasteiger partial charge on any atom is -0.323 e. The lowest BCUT2D eigenvalue weighted by Crippen LogP contribution is -2.12. The van der Waals surface area contributed by atoms with Crippen LogP contribution in [0.15, 0.2) is 65.7 Å². The Morgan fingerprint density at radius 1 is 1.10 bits per heavy atom. The van der Waals surface area contributed by atoms with Crippen molar-refractivity contribution in [3.8, 4) is 0 Å². The van der Waals surface area contributed by atoms with Gasteiger partial charge in [0.15, 0.2) is 0 Å². The fourth-order valence-electron chi connectivity index (χ4n) is 2.16. The Morgan fingerprint density at radius 2 is 2.00 bits per heavy atom. The summed E-state index contributed by atoms with van der Waals surface area (Å²) in [6.07, 6.45) is 1.80. The largest absolute Gasteiger partial charge is 0.323 e. The van der Waals surface area contributed by atoms with Gasteiger partial charge in [-0.25, -0.2) is 0 Å². The molecule has 4 heteroatoms. The van der Waals surface area contributed by atoms with E-state index in [9.17, 15) is 0 Å². The number of rotatable bonds is 4. The monoisotopic (exact) mass is 314 g/mol. The van der Waals surface area contributed by atoms with Gasteiger partial charge in [-0.05, 0) is 42.0 Å². The van der Waals surface area contributed by atoms with Crippen LogP contribution in [0.3, 0.4) is 0 Å². The Bertz CT molecular complexity index is 760. The molecule has 0 radical (unpaired) electrons. The van der Waals surface area contributed by atoms with E-state index in [4.69, 9.17) is 17.3 Å². The molecule has 2 aromatic carbocycles. The Morgan fingerprint density at radius 3 is 2.86 bits per heavy atom. The molecule has 2 nitrogen and oxygen atoms in total. The summed E-state index contributed by atoms with van der Waals surface area (Å²) in [4.78, 5) is 5.46. The number of benzene rings is 2. The van der Waals surface area contributed by atoms with E-state index >= 15 is 0 Å². The average molecular weight is 315 g/mol. The molecule has 0 amide bonds. The van der Waals surface area contributed by atoms with Crippen molar-refractivity contribution in [3.63, 3.8) is 0 Å². The smallest absolute Gasteiger partial charge is 0.0702 e. The van der Waals surface area contributed by atoms with Crippen LogP contribution in [0.5, 0.6) is 0 Å². The third-order valence-electron chi connectivity index (χ3n) is 3.28. The predicted molar refractivity (Wildman–Crippen MR) is 90.8 cm³/mol. The lowest BCUT2D eigenvalue weighted by molar-refractivity contribution is 0.833. The fraction of sp³-hybridized carbons (Fsp3) is 0.118. The van der Waals surface area contributed by atoms with Gasteiger partial charge < -0.3 is 5.73 Å². The maximum atomic E-state index is 6.30. The van der Waals surface area contributed by atoms with Gasteiger partial charge in [0, 0.05) is 33.3 Å². The molecule has 0 aliphatic rings. The van der Waals surface area contributed by atoms with Crippen LogP contribution in [0.25, 0.3) is 10.9 Å². The third-order valence-corrected chi connectivity index (χ3v) is 4.63. The van der Waals surface area contributed by atoms with Crippen molar-refractivity contribution < 1.29 is 0 Å². The summed E-state index contributed by atoms with van der Waals surface area (Å²) in [5.41, 5.74) is 8.42. The standard InChI is InChI=1S/C17H15ClN2S/c18-14-4-1-5-15(10-14)21-11-16(19)12-6-7-17-13(9-12)3-2-8-20-17/h1-10,16H,11,19H2. The van der Waals surface area contributed by atoms with Crippen molar-refractivity contribution >= 4 is 34.3 Å². The number of pyridine rings is 1. The van der Waals surface area contributed by atoms with Crippen LogP contribution in [-0.4, -0.2) is 10.7 Å². The molecule has 0 spiro atoms. The van der Waals surface area contributed by atoms with E-state index in [1.807, 2.05) is 36.4 Å². The molecule has 0 saturated carbocycles. The van der Waals surface area contributed by atoms with Crippen molar-refractivity contribution in [2.75, 3.05) is 5.75 Å². The topological polar surface area (TPSA) is 38.9 Å². The van der Waals surface area contributed by atoms with Gasteiger partial charge in [0.1, 0.15) is 0 Å². The zero-order valence-electron chi connectivity index (χ0n) is 11.4. The number of aromatic nitrogens is 1. The molecule has 1 heterocycles. The van der Waals surface area contributed by atoms with E-state index in [-0.39, 0.29) is 6.04 Å². The van der Waals surface area contributed by atoms with E-state index in [1.165, 1.54) is 0 Å². The van der Waals surface area contributed by atoms with Crippen LogP contribution in [0.4, 0.5) is 0 Å². The molecule has 0 aliphatic carbocycles. The summed E-state index contributed by atoms with van der Waals surface area (Å²) in [7, 11) is 0. The summed E-state index contributed by atoms with van der Waals surface area (Å²) in [5, 5.41) is 1.88. The normalized spacial score (nSPS) is 12.5. The summed E-state index contributed by atoms with van der Waals surface area (Å²) < 4.78 is 0. The minimum atomic E-state index is -0.0152. The summed E-state index contributed by atoms with van der Waals surface area (Å²) in [5.74, 6) is 0.812. The highest BCUT2D eigenvalue weighted by atomic mass is 35.5. The molecule has 0 bridgehead atoms. The van der Waals surface area contributed by atoms with Gasteiger partial charge in [-0.3, -0.25) is 4.98 Å². The number of fused-ring (bicyclic) bond motifs is 1. The summed E-state index contributed by atoms with van der Waals surface area (Å²) in [6, 6.07) is 18.0. The molecule has 0 aliphatic heterocycles. The average Bonchev–Trinajstić information content (AvgIpc) is 2.52. The molecule has 3 aromatic rings. The lowest BCUT2D eigenvalue weighted by Gasteiger charge is -2.12. The zero-order valence-corrected chi connectivity index (χ0v) is 12.9. The fourth-order valence-corrected chi connectivity index (χ4v) is 3.37. The predicted octanol–water partition coefficient (Wildman–Crippen LogP) is 4.68. The number of halogens is 1. The first-order valence-electron chi connectivity index (χ1n) is 6.71. The first-order chi connectivity index (χ1) is 10.2. The highest BCUT2D eigenvalue weighted by Crippen LogP contribution is 2.26. The second-order valence-electron chi connectivity index (χ2n) is 4.83. The maximum absolute atomic E-state index is 6.30. The molecule has 2 N–H and O–H groups in total. The van der Waals surface area contributed by atoms with Crippen LogP contribution < -0.4 is 5.73 Å². The Labute approximate surface area is 133 Å². The van der Waals surface area contributed by atoms with E-state index in [0.29, 0.717) is 0 Å². The van der Waals surface area contributed by atoms with Crippen molar-refractivity contribution in [1.29, 1.82) is 0 Å². The van der Waals surface area contributed by atoms with Crippen molar-refractivity contribution in [3.05, 3.63) is 71.4 Å². The molecule has 106 valence electrons. The van der Waals surface area contributed by atoms with Crippen LogP contribution >= 0.6 is 23.4 Å². The summed E-state index contributed by atoms with van der Waals surface area (Å²) in [6.45, 7) is 0. The molecule has 0 fully saturated rings. The van der Waals surface area contributed by atoms with Gasteiger partial charge in [0.25, 0.3) is 0 Å². The quantitative estimate of drug-likeness (QED) is 0.711. The number of hydrogen-bond donors (Lipinski definition) is 1. The van der Waals surface area contributed by atoms with E-state index in [0.717, 1.165) is 32.1 Å². The van der Waals surface area contributed by atoms with Gasteiger partial charge in [0.05, 0.1) is 5.52 Å². The SMILES string of the molecule is NC(CSc1cccc(Cl)c1)c1ccc2ncccc2c1. The van der Waals surface area contributed by atoms with Crippen molar-refractivity contribution in [1.82, 2.24) is 4.98 Å². The molecular weight excluding hydrogens is 300 g/mol. The molecule has 3 rings (SSSR count). The molecule has 21 heavy (non-hydrogen) atoms. The highest BCUT2D eigenvalue weighted by Gasteiger charge is 2.08. The number of nitrogens with two attached hydrogens (primary N) is 1. The molecule has 1 unspecified atom stereocenters. The summed E-state index contributed by atoms with van der Waals surface area (Å²) >= 11 is 7.71. The van der Waals surface area contributed by atoms with Gasteiger partial charge in [-0.2, -0.15) is 0 Å². The Balaban J connectivity index is 1.73. The molecule has 0 saturated heterocycles. The third kappa shape index (κ3) is 3.56. The van der Waals surface area contributed by atoms with Gasteiger partial charge >= 0.3 is 0 Å². The maximum Gasteiger partial charge on any atom is 0.0702 e. The lowest BCUT2D eigenvalue weighted by atomic mass is 10.1. The highest BCUT2D eigenvalue weighted by molar-refractivity contribution is 7.99. The van der Waals surface area contributed by atoms with Crippen LogP contribution in [0.1, 0.15) is 11.6 Å². The zero-order chi connectivity index (χ0) is 14.7. The first kappa shape index (κ1) is 14.4. The number of thioether (sulfide) groups is 1. The second-order valence-corrected chi connectivity index (χ2v) is 6.36. The number of nitrogens with zero attached hydrogens (tertiary/aromatic N) is 1. The first-order valence-corrected chi connectivity index (χ1v) is 8.07. The van der Waals surface area contributed by atoms with Gasteiger partial charge in [-0.1, -0.05) is 29.8 Å². The minimum absolute atomic E-state index is 0.0152. The molecule has 1 aromatic heterocycles. The van der Waals surface area contributed by atoms with Crippen LogP contribution in [0.2, 0.25) is 5.02 Å². The second kappa shape index (κ2) is 6.48. The molecular formula is C17H15ClN2S. The van der Waals surface area contributed by atoms with E-state index in [2.05, 4.69) is 23.2 Å². The Kier molecular flexibility index (Phi) is 4.44. The van der Waals surface area contributed by atoms with Crippen LogP contribution in [-0.2, 0) is 0 Å². The van der Waals surface area contributed by atoms with Gasteiger partial charge in [-0.15, -0.1) is 11.8 Å². The van der Waals surface area contributed by atoms with E-state index in [1.54, 1.807) is 18.0 Å². The van der Waals surface area contributed by atoms with E-state index < -0.39 is 0 Å². The van der Waals surface area contributed by atoms with Crippen LogP contribution in [0, 0.1) is 0 Å². The Hall–Kier alpha value is -1.55. The van der Waals surface area contributed by atoms with Crippen molar-refractivity contribution in [2.45, 2.75) is 10.9 Å². The van der Waals surface area contributed by atoms with Crippen molar-refractivity contribution in [2.24, 2.45) is 5.73 Å².